The van der Waals surface area contributed by atoms with Gasteiger partial charge in [-0.25, -0.2) is 0 Å². The predicted molar refractivity (Wildman–Crippen MR) is 90.6 cm³/mol. The smallest absolute Gasteiger partial charge is 0.258 e. The SMILES string of the molecule is Cc1ccsc1-c1nnc(CC(=O)Nc2cccc(C)c2C)o1. The lowest BCUT2D eigenvalue weighted by atomic mass is 10.1. The molecule has 3 aromatic rings. The first-order valence-electron chi connectivity index (χ1n) is 7.27. The van der Waals surface area contributed by atoms with Gasteiger partial charge < -0.3 is 9.73 Å². The molecule has 0 spiro atoms. The van der Waals surface area contributed by atoms with Crippen LogP contribution < -0.4 is 5.32 Å². The molecule has 3 rings (SSSR count). The molecular formula is C17H17N3O2S. The first-order chi connectivity index (χ1) is 11.0. The molecule has 1 N–H and O–H groups in total. The number of nitrogens with one attached hydrogen (secondary N) is 1. The summed E-state index contributed by atoms with van der Waals surface area (Å²) in [6, 6.07) is 7.81. The van der Waals surface area contributed by atoms with Crippen LogP contribution in [0, 0.1) is 20.8 Å². The maximum absolute atomic E-state index is 12.2. The summed E-state index contributed by atoms with van der Waals surface area (Å²) in [4.78, 5) is 13.1. The zero-order valence-corrected chi connectivity index (χ0v) is 14.0. The molecule has 0 radical (unpaired) electrons. The number of carbonyl (C=O) groups excluding carboxylic acids is 1. The quantitative estimate of drug-likeness (QED) is 0.789. The van der Waals surface area contributed by atoms with Gasteiger partial charge in [-0.2, -0.15) is 0 Å². The fourth-order valence-corrected chi connectivity index (χ4v) is 3.07. The second kappa shape index (κ2) is 6.34. The number of anilines is 1. The van der Waals surface area contributed by atoms with Crippen LogP contribution in [0.2, 0.25) is 0 Å². The van der Waals surface area contributed by atoms with Gasteiger partial charge in [0.15, 0.2) is 0 Å². The summed E-state index contributed by atoms with van der Waals surface area (Å²) < 4.78 is 5.60. The molecule has 23 heavy (non-hydrogen) atoms. The normalized spacial score (nSPS) is 10.7. The number of rotatable bonds is 4. The van der Waals surface area contributed by atoms with Crippen LogP contribution in [0.25, 0.3) is 10.8 Å². The van der Waals surface area contributed by atoms with Crippen molar-refractivity contribution in [1.82, 2.24) is 10.2 Å². The van der Waals surface area contributed by atoms with E-state index in [4.69, 9.17) is 4.42 Å². The van der Waals surface area contributed by atoms with E-state index in [1.54, 1.807) is 11.3 Å². The van der Waals surface area contributed by atoms with E-state index in [-0.39, 0.29) is 12.3 Å². The maximum atomic E-state index is 12.2. The Morgan fingerprint density at radius 3 is 2.74 bits per heavy atom. The largest absolute Gasteiger partial charge is 0.419 e. The van der Waals surface area contributed by atoms with Crippen LogP contribution in [0.1, 0.15) is 22.6 Å². The third-order valence-electron chi connectivity index (χ3n) is 3.71. The van der Waals surface area contributed by atoms with E-state index in [9.17, 15) is 4.79 Å². The Hall–Kier alpha value is -2.47. The van der Waals surface area contributed by atoms with E-state index in [0.717, 1.165) is 27.3 Å². The molecular weight excluding hydrogens is 310 g/mol. The number of aromatic nitrogens is 2. The van der Waals surface area contributed by atoms with Crippen LogP contribution >= 0.6 is 11.3 Å². The predicted octanol–water partition coefficient (Wildman–Crippen LogP) is 3.90. The van der Waals surface area contributed by atoms with Crippen LogP contribution in [0.15, 0.2) is 34.1 Å². The van der Waals surface area contributed by atoms with Crippen LogP contribution in [-0.2, 0) is 11.2 Å². The van der Waals surface area contributed by atoms with Crippen LogP contribution in [0.5, 0.6) is 0 Å². The summed E-state index contributed by atoms with van der Waals surface area (Å²) in [5, 5.41) is 12.9. The van der Waals surface area contributed by atoms with Crippen molar-refractivity contribution in [2.24, 2.45) is 0 Å². The molecule has 0 aliphatic carbocycles. The van der Waals surface area contributed by atoms with Gasteiger partial charge in [-0.3, -0.25) is 4.79 Å². The van der Waals surface area contributed by atoms with E-state index in [2.05, 4.69) is 15.5 Å². The molecule has 0 saturated heterocycles. The zero-order valence-electron chi connectivity index (χ0n) is 13.2. The molecule has 0 unspecified atom stereocenters. The molecule has 0 bridgehead atoms. The van der Waals surface area contributed by atoms with Gasteiger partial charge in [0, 0.05) is 5.69 Å². The van der Waals surface area contributed by atoms with E-state index in [0.29, 0.717) is 11.8 Å². The highest BCUT2D eigenvalue weighted by atomic mass is 32.1. The average molecular weight is 327 g/mol. The van der Waals surface area contributed by atoms with Crippen molar-refractivity contribution in [3.63, 3.8) is 0 Å². The molecule has 0 fully saturated rings. The Morgan fingerprint density at radius 1 is 1.17 bits per heavy atom. The Labute approximate surface area is 138 Å². The summed E-state index contributed by atoms with van der Waals surface area (Å²) in [6.07, 6.45) is 0.0603. The minimum atomic E-state index is -0.170. The number of carbonyl (C=O) groups is 1. The second-order valence-corrected chi connectivity index (χ2v) is 6.32. The number of amides is 1. The van der Waals surface area contributed by atoms with Crippen molar-refractivity contribution in [3.8, 4) is 10.8 Å². The van der Waals surface area contributed by atoms with Gasteiger partial charge in [-0.05, 0) is 55.0 Å². The monoisotopic (exact) mass is 327 g/mol. The third kappa shape index (κ3) is 3.32. The first-order valence-corrected chi connectivity index (χ1v) is 8.15. The lowest BCUT2D eigenvalue weighted by Gasteiger charge is -2.09. The van der Waals surface area contributed by atoms with E-state index in [1.807, 2.05) is 50.4 Å². The van der Waals surface area contributed by atoms with Crippen molar-refractivity contribution < 1.29 is 9.21 Å². The Kier molecular flexibility index (Phi) is 4.25. The molecule has 0 aliphatic rings. The number of hydrogen-bond acceptors (Lipinski definition) is 5. The Balaban J connectivity index is 1.70. The minimum absolute atomic E-state index is 0.0603. The van der Waals surface area contributed by atoms with Crippen molar-refractivity contribution in [1.29, 1.82) is 0 Å². The molecule has 0 saturated carbocycles. The van der Waals surface area contributed by atoms with Gasteiger partial charge in [0.2, 0.25) is 11.8 Å². The summed E-state index contributed by atoms with van der Waals surface area (Å²) in [7, 11) is 0. The number of thiophene rings is 1. The summed E-state index contributed by atoms with van der Waals surface area (Å²) in [6.45, 7) is 5.98. The average Bonchev–Trinajstić information content (AvgIpc) is 3.12. The van der Waals surface area contributed by atoms with Crippen molar-refractivity contribution >= 4 is 22.9 Å². The summed E-state index contributed by atoms with van der Waals surface area (Å²) in [5.41, 5.74) is 4.09. The molecule has 2 heterocycles. The van der Waals surface area contributed by atoms with Gasteiger partial charge in [-0.1, -0.05) is 12.1 Å². The van der Waals surface area contributed by atoms with E-state index >= 15 is 0 Å². The minimum Gasteiger partial charge on any atom is -0.419 e. The van der Waals surface area contributed by atoms with E-state index in [1.165, 1.54) is 0 Å². The highest BCUT2D eigenvalue weighted by Crippen LogP contribution is 2.27. The highest BCUT2D eigenvalue weighted by Gasteiger charge is 2.15. The topological polar surface area (TPSA) is 68.0 Å². The lowest BCUT2D eigenvalue weighted by molar-refractivity contribution is -0.115. The molecule has 118 valence electrons. The van der Waals surface area contributed by atoms with Gasteiger partial charge in [0.25, 0.3) is 5.89 Å². The maximum Gasteiger partial charge on any atom is 0.258 e. The number of nitrogens with zero attached hydrogens (tertiary/aromatic N) is 2. The summed E-state index contributed by atoms with van der Waals surface area (Å²) in [5.74, 6) is 0.611. The fourth-order valence-electron chi connectivity index (χ4n) is 2.23. The Morgan fingerprint density at radius 2 is 2.00 bits per heavy atom. The summed E-state index contributed by atoms with van der Waals surface area (Å²) >= 11 is 1.54. The van der Waals surface area contributed by atoms with Gasteiger partial charge >= 0.3 is 0 Å². The number of aryl methyl sites for hydroxylation is 2. The molecule has 1 aromatic carbocycles. The Bertz CT molecular complexity index is 851. The molecule has 0 atom stereocenters. The van der Waals surface area contributed by atoms with Crippen molar-refractivity contribution in [2.45, 2.75) is 27.2 Å². The van der Waals surface area contributed by atoms with Crippen LogP contribution in [-0.4, -0.2) is 16.1 Å². The highest BCUT2D eigenvalue weighted by molar-refractivity contribution is 7.13. The molecule has 1 amide bonds. The molecule has 2 aromatic heterocycles. The number of hydrogen-bond donors (Lipinski definition) is 1. The third-order valence-corrected chi connectivity index (χ3v) is 4.72. The second-order valence-electron chi connectivity index (χ2n) is 5.41. The van der Waals surface area contributed by atoms with Gasteiger partial charge in [0.05, 0.1) is 4.88 Å². The van der Waals surface area contributed by atoms with Crippen LogP contribution in [0.3, 0.4) is 0 Å². The van der Waals surface area contributed by atoms with E-state index < -0.39 is 0 Å². The van der Waals surface area contributed by atoms with Gasteiger partial charge in [-0.15, -0.1) is 21.5 Å². The standard InChI is InChI=1S/C17H17N3O2S/c1-10-5-4-6-13(12(10)3)18-14(21)9-15-19-20-17(22-15)16-11(2)7-8-23-16/h4-8H,9H2,1-3H3,(H,18,21). The molecule has 0 aliphatic heterocycles. The number of benzene rings is 1. The zero-order chi connectivity index (χ0) is 16.4. The van der Waals surface area contributed by atoms with Crippen molar-refractivity contribution in [2.75, 3.05) is 5.32 Å². The molecule has 5 nitrogen and oxygen atoms in total. The fraction of sp³-hybridized carbons (Fsp3) is 0.235. The van der Waals surface area contributed by atoms with Gasteiger partial charge in [0.1, 0.15) is 6.42 Å². The lowest BCUT2D eigenvalue weighted by Crippen LogP contribution is -2.15. The van der Waals surface area contributed by atoms with Crippen LogP contribution in [0.4, 0.5) is 5.69 Å². The first kappa shape index (κ1) is 15.4. The molecule has 6 heteroatoms. The van der Waals surface area contributed by atoms with Crippen molar-refractivity contribution in [3.05, 3.63) is 52.2 Å².